The van der Waals surface area contributed by atoms with Crippen LogP contribution in [0.5, 0.6) is 0 Å². The lowest BCUT2D eigenvalue weighted by Gasteiger charge is -2.30. The van der Waals surface area contributed by atoms with Gasteiger partial charge in [0.1, 0.15) is 0 Å². The van der Waals surface area contributed by atoms with Crippen molar-refractivity contribution in [3.8, 4) is 0 Å². The number of hydrogen-bond donors (Lipinski definition) is 0. The van der Waals surface area contributed by atoms with Gasteiger partial charge in [-0.05, 0) is 36.9 Å². The van der Waals surface area contributed by atoms with E-state index in [1.807, 2.05) is 54.9 Å². The Bertz CT molecular complexity index is 580. The van der Waals surface area contributed by atoms with Crippen LogP contribution in [0.15, 0.2) is 59.8 Å². The van der Waals surface area contributed by atoms with Crippen LogP contribution >= 0.6 is 11.9 Å². The lowest BCUT2D eigenvalue weighted by atomic mass is 9.90. The van der Waals surface area contributed by atoms with E-state index in [1.165, 1.54) is 4.90 Å². The van der Waals surface area contributed by atoms with Crippen LogP contribution < -0.4 is 0 Å². The first-order chi connectivity index (χ1) is 10.3. The van der Waals surface area contributed by atoms with Gasteiger partial charge in [-0.15, -0.1) is 0 Å². The fraction of sp³-hybridized carbons (Fsp3) is 0.294. The van der Waals surface area contributed by atoms with E-state index < -0.39 is 0 Å². The van der Waals surface area contributed by atoms with Gasteiger partial charge in [0.2, 0.25) is 0 Å². The van der Waals surface area contributed by atoms with Crippen molar-refractivity contribution in [1.29, 1.82) is 0 Å². The number of nitrogens with zero attached hydrogens (tertiary/aromatic N) is 2. The van der Waals surface area contributed by atoms with Crippen molar-refractivity contribution in [3.63, 3.8) is 0 Å². The Labute approximate surface area is 129 Å². The molecule has 0 saturated carbocycles. The Balaban J connectivity index is 1.54. The van der Waals surface area contributed by atoms with Crippen molar-refractivity contribution in [2.45, 2.75) is 17.7 Å². The van der Waals surface area contributed by atoms with Crippen LogP contribution in [0.25, 0.3) is 0 Å². The molecule has 3 nitrogen and oxygen atoms in total. The van der Waals surface area contributed by atoms with Crippen LogP contribution in [0.3, 0.4) is 0 Å². The molecule has 1 saturated heterocycles. The van der Waals surface area contributed by atoms with Crippen molar-refractivity contribution in [2.75, 3.05) is 13.1 Å². The number of hydrogen-bond acceptors (Lipinski definition) is 4. The summed E-state index contributed by atoms with van der Waals surface area (Å²) in [5.41, 5.74) is 0.845. The second-order valence-corrected chi connectivity index (χ2v) is 6.38. The molecule has 0 radical (unpaired) electrons. The number of aromatic nitrogens is 1. The molecule has 0 unspecified atom stereocenters. The number of benzene rings is 1. The lowest BCUT2D eigenvalue weighted by Crippen LogP contribution is -2.32. The average Bonchev–Trinajstić information content (AvgIpc) is 2.57. The van der Waals surface area contributed by atoms with E-state index in [1.54, 1.807) is 11.9 Å². The largest absolute Gasteiger partial charge is 0.294 e. The predicted molar refractivity (Wildman–Crippen MR) is 85.2 cm³/mol. The van der Waals surface area contributed by atoms with Gasteiger partial charge in [0.25, 0.3) is 0 Å². The second kappa shape index (κ2) is 6.87. The van der Waals surface area contributed by atoms with E-state index in [4.69, 9.17) is 0 Å². The summed E-state index contributed by atoms with van der Waals surface area (Å²) in [7, 11) is 0. The molecule has 4 heteroatoms. The Hall–Kier alpha value is -1.65. The molecule has 0 aliphatic carbocycles. The van der Waals surface area contributed by atoms with Crippen LogP contribution in [-0.2, 0) is 0 Å². The molecule has 0 N–H and O–H groups in total. The van der Waals surface area contributed by atoms with Crippen LogP contribution in [0.2, 0.25) is 0 Å². The predicted octanol–water partition coefficient (Wildman–Crippen LogP) is 3.68. The van der Waals surface area contributed by atoms with Crippen molar-refractivity contribution < 1.29 is 4.79 Å². The van der Waals surface area contributed by atoms with E-state index in [0.29, 0.717) is 5.78 Å². The molecule has 0 amide bonds. The molecule has 2 heterocycles. The molecule has 1 aliphatic rings. The zero-order valence-electron chi connectivity index (χ0n) is 11.8. The molecule has 108 valence electrons. The minimum Gasteiger partial charge on any atom is -0.294 e. The summed E-state index contributed by atoms with van der Waals surface area (Å²) in [5.74, 6) is 0.464. The molecule has 1 fully saturated rings. The molecule has 21 heavy (non-hydrogen) atoms. The topological polar surface area (TPSA) is 33.2 Å². The fourth-order valence-electron chi connectivity index (χ4n) is 2.60. The van der Waals surface area contributed by atoms with Gasteiger partial charge in [0, 0.05) is 41.9 Å². The van der Waals surface area contributed by atoms with Crippen LogP contribution in [0.4, 0.5) is 0 Å². The Morgan fingerprint density at radius 1 is 1.05 bits per heavy atom. The summed E-state index contributed by atoms with van der Waals surface area (Å²) in [6, 6.07) is 13.7. The van der Waals surface area contributed by atoms with E-state index in [9.17, 15) is 4.79 Å². The van der Waals surface area contributed by atoms with E-state index >= 15 is 0 Å². The molecule has 2 aromatic rings. The zero-order valence-corrected chi connectivity index (χ0v) is 12.6. The zero-order chi connectivity index (χ0) is 14.5. The number of piperidine rings is 1. The highest BCUT2D eigenvalue weighted by Gasteiger charge is 2.26. The first-order valence-corrected chi connectivity index (χ1v) is 8.02. The summed E-state index contributed by atoms with van der Waals surface area (Å²) in [6.45, 7) is 1.91. The summed E-state index contributed by atoms with van der Waals surface area (Å²) in [6.07, 6.45) is 5.50. The van der Waals surface area contributed by atoms with Gasteiger partial charge in [-0.2, -0.15) is 0 Å². The quantitative estimate of drug-likeness (QED) is 0.637. The Morgan fingerprint density at radius 2 is 1.71 bits per heavy atom. The Kier molecular flexibility index (Phi) is 4.68. The minimum absolute atomic E-state index is 0.168. The first kappa shape index (κ1) is 14.3. The molecule has 0 spiro atoms. The standard InChI is InChI=1S/C17H18N2OS/c20-17(14-4-2-1-3-5-14)15-8-12-19(13-9-15)21-16-6-10-18-11-7-16/h1-7,10-11,15H,8-9,12-13H2. The summed E-state index contributed by atoms with van der Waals surface area (Å²) in [4.78, 5) is 17.7. The van der Waals surface area contributed by atoms with Crippen molar-refractivity contribution in [3.05, 3.63) is 60.4 Å². The maximum Gasteiger partial charge on any atom is 0.166 e. The molecular formula is C17H18N2OS. The van der Waals surface area contributed by atoms with Crippen LogP contribution in [0, 0.1) is 5.92 Å². The van der Waals surface area contributed by atoms with Gasteiger partial charge in [-0.3, -0.25) is 9.78 Å². The molecule has 0 bridgehead atoms. The van der Waals surface area contributed by atoms with Crippen molar-refractivity contribution in [1.82, 2.24) is 9.29 Å². The second-order valence-electron chi connectivity index (χ2n) is 5.21. The number of carbonyl (C=O) groups is 1. The summed E-state index contributed by atoms with van der Waals surface area (Å²) in [5, 5.41) is 0. The summed E-state index contributed by atoms with van der Waals surface area (Å²) < 4.78 is 2.34. The molecule has 1 aromatic carbocycles. The lowest BCUT2D eigenvalue weighted by molar-refractivity contribution is 0.0878. The molecular weight excluding hydrogens is 280 g/mol. The smallest absolute Gasteiger partial charge is 0.166 e. The molecule has 0 atom stereocenters. The number of ketones is 1. The minimum atomic E-state index is 0.168. The summed E-state index contributed by atoms with van der Waals surface area (Å²) >= 11 is 1.76. The SMILES string of the molecule is O=C(c1ccccc1)C1CCN(Sc2ccncc2)CC1. The van der Waals surface area contributed by atoms with Gasteiger partial charge in [-0.1, -0.05) is 30.3 Å². The monoisotopic (exact) mass is 298 g/mol. The molecule has 1 aliphatic heterocycles. The van der Waals surface area contributed by atoms with Gasteiger partial charge >= 0.3 is 0 Å². The van der Waals surface area contributed by atoms with E-state index in [-0.39, 0.29) is 5.92 Å². The third-order valence-electron chi connectivity index (χ3n) is 3.77. The number of carbonyl (C=O) groups excluding carboxylic acids is 1. The average molecular weight is 298 g/mol. The first-order valence-electron chi connectivity index (χ1n) is 7.25. The van der Waals surface area contributed by atoms with Gasteiger partial charge in [0.05, 0.1) is 0 Å². The van der Waals surface area contributed by atoms with Gasteiger partial charge < -0.3 is 0 Å². The third kappa shape index (κ3) is 3.71. The highest BCUT2D eigenvalue weighted by atomic mass is 32.2. The van der Waals surface area contributed by atoms with Gasteiger partial charge in [-0.25, -0.2) is 4.31 Å². The third-order valence-corrected chi connectivity index (χ3v) is 4.87. The molecule has 3 rings (SSSR count). The van der Waals surface area contributed by atoms with Crippen molar-refractivity contribution >= 4 is 17.7 Å². The van der Waals surface area contributed by atoms with E-state index in [2.05, 4.69) is 9.29 Å². The maximum atomic E-state index is 12.4. The fourth-order valence-corrected chi connectivity index (χ4v) is 3.53. The Morgan fingerprint density at radius 3 is 2.38 bits per heavy atom. The highest BCUT2D eigenvalue weighted by molar-refractivity contribution is 7.97. The normalized spacial score (nSPS) is 16.8. The highest BCUT2D eigenvalue weighted by Crippen LogP contribution is 2.29. The van der Waals surface area contributed by atoms with E-state index in [0.717, 1.165) is 31.5 Å². The number of Topliss-reactive ketones (excluding diaryl/α,β-unsaturated/α-hetero) is 1. The number of pyridine rings is 1. The van der Waals surface area contributed by atoms with Crippen LogP contribution in [0.1, 0.15) is 23.2 Å². The molecule has 1 aromatic heterocycles. The van der Waals surface area contributed by atoms with Crippen LogP contribution in [-0.4, -0.2) is 28.2 Å². The number of rotatable bonds is 4. The van der Waals surface area contributed by atoms with Gasteiger partial charge in [0.15, 0.2) is 5.78 Å². The maximum absolute atomic E-state index is 12.4. The van der Waals surface area contributed by atoms with Crippen molar-refractivity contribution in [2.24, 2.45) is 5.92 Å².